The highest BCUT2D eigenvalue weighted by Crippen LogP contribution is 2.39. The van der Waals surface area contributed by atoms with Gasteiger partial charge in [-0.05, 0) is 0 Å². The van der Waals surface area contributed by atoms with E-state index in [-0.39, 0.29) is 91.2 Å². The summed E-state index contributed by atoms with van der Waals surface area (Å²) in [5.74, 6) is -5.37. The number of hydrogen-bond donors (Lipinski definition) is 0. The lowest BCUT2D eigenvalue weighted by Crippen LogP contribution is -2.44. The van der Waals surface area contributed by atoms with Gasteiger partial charge in [-0.1, -0.05) is 0 Å². The van der Waals surface area contributed by atoms with Gasteiger partial charge < -0.3 is 75.8 Å². The van der Waals surface area contributed by atoms with Crippen molar-refractivity contribution in [3.63, 3.8) is 0 Å². The zero-order chi connectivity index (χ0) is 59.8. The Bertz CT molecular complexity index is 2510. The third-order valence-corrected chi connectivity index (χ3v) is 10.4. The minimum Gasteiger partial charge on any atom is -0.496 e. The number of benzene rings is 4. The van der Waals surface area contributed by atoms with Gasteiger partial charge in [0.2, 0.25) is 0 Å². The molecule has 0 saturated carbocycles. The summed E-state index contributed by atoms with van der Waals surface area (Å²) in [4.78, 5) is 142. The molecule has 81 heavy (non-hydrogen) atoms. The standard InChI is InChI=1S/C49H52O32/c1-58-29-17-37(66-9)33(62-5)13-25(29)41(50)74-78-45(54)70-21-49(22-71-46(55)79-75-42(51)26-14-34(63-6)38(67-10)18-30(26)59-2,23-72-47(56)80-76-43(52)27-15-35(64-7)39(68-11)19-31(27)60-3)24-73-48(57)81-77-44(53)28-16-36(65-8)40(69-12)20-32(28)61-4/h13-20H,21-24H2,1-12H3. The van der Waals surface area contributed by atoms with E-state index in [0.717, 1.165) is 24.3 Å². The largest absolute Gasteiger partial charge is 0.549 e. The molecule has 4 aromatic rings. The van der Waals surface area contributed by atoms with Gasteiger partial charge in [0, 0.05) is 48.5 Å². The maximum Gasteiger partial charge on any atom is 0.549 e. The first kappa shape index (κ1) is 63.0. The number of carbonyl (C=O) groups excluding carboxylic acids is 8. The molecule has 0 saturated heterocycles. The molecule has 0 aliphatic rings. The maximum absolute atomic E-state index is 13.1. The molecule has 0 fully saturated rings. The Balaban J connectivity index is 1.65. The van der Waals surface area contributed by atoms with Crippen molar-refractivity contribution in [2.45, 2.75) is 0 Å². The van der Waals surface area contributed by atoms with Gasteiger partial charge in [-0.15, -0.1) is 0 Å². The summed E-state index contributed by atoms with van der Waals surface area (Å²) in [6.45, 7) is -5.09. The Morgan fingerprint density at radius 3 is 0.568 bits per heavy atom. The molecule has 0 amide bonds. The quantitative estimate of drug-likeness (QED) is 0.0347. The molecule has 0 aliphatic heterocycles. The molecule has 0 radical (unpaired) electrons. The van der Waals surface area contributed by atoms with Crippen LogP contribution in [0.2, 0.25) is 0 Å². The monoisotopic (exact) mass is 1150 g/mol. The van der Waals surface area contributed by atoms with Crippen LogP contribution in [-0.4, -0.2) is 160 Å². The smallest absolute Gasteiger partial charge is 0.496 e. The first-order chi connectivity index (χ1) is 38.8. The summed E-state index contributed by atoms with van der Waals surface area (Å²) in [5.41, 5.74) is -3.89. The third-order valence-electron chi connectivity index (χ3n) is 10.4. The van der Waals surface area contributed by atoms with Crippen LogP contribution in [0, 0.1) is 5.41 Å². The molecule has 32 nitrogen and oxygen atoms in total. The Labute approximate surface area is 457 Å². The highest BCUT2D eigenvalue weighted by molar-refractivity contribution is 5.95. The van der Waals surface area contributed by atoms with Crippen LogP contribution >= 0.6 is 0 Å². The normalized spacial score (nSPS) is 10.3. The predicted octanol–water partition coefficient (Wildman–Crippen LogP) is 5.78. The Kier molecular flexibility index (Phi) is 23.6. The number of carbonyl (C=O) groups is 8. The van der Waals surface area contributed by atoms with Gasteiger partial charge in [-0.3, -0.25) is 0 Å². The molecule has 0 N–H and O–H groups in total. The average molecular weight is 1150 g/mol. The summed E-state index contributed by atoms with van der Waals surface area (Å²) in [5, 5.41) is 0. The fourth-order valence-electron chi connectivity index (χ4n) is 6.42. The average Bonchev–Trinajstić information content (AvgIpc) is 3.50. The fraction of sp³-hybridized carbons (Fsp3) is 0.347. The summed E-state index contributed by atoms with van der Waals surface area (Å²) in [6, 6.07) is 9.47. The molecule has 32 heteroatoms. The molecular formula is C49H52O32. The Morgan fingerprint density at radius 2 is 0.407 bits per heavy atom. The first-order valence-corrected chi connectivity index (χ1v) is 22.3. The number of ether oxygens (including phenoxy) is 16. The van der Waals surface area contributed by atoms with E-state index in [1.807, 2.05) is 0 Å². The van der Waals surface area contributed by atoms with E-state index in [4.69, 9.17) is 75.8 Å². The zero-order valence-electron chi connectivity index (χ0n) is 45.0. The molecule has 0 aromatic heterocycles. The fourth-order valence-corrected chi connectivity index (χ4v) is 6.42. The van der Waals surface area contributed by atoms with Crippen LogP contribution in [0.25, 0.3) is 0 Å². The van der Waals surface area contributed by atoms with Crippen molar-refractivity contribution in [2.75, 3.05) is 112 Å². The van der Waals surface area contributed by atoms with Crippen LogP contribution in [0.3, 0.4) is 0 Å². The molecule has 440 valence electrons. The second-order valence-electron chi connectivity index (χ2n) is 15.1. The van der Waals surface area contributed by atoms with Crippen LogP contribution < -0.4 is 56.8 Å². The molecule has 0 aliphatic carbocycles. The highest BCUT2D eigenvalue weighted by atomic mass is 17.3. The van der Waals surface area contributed by atoms with E-state index in [1.54, 1.807) is 0 Å². The minimum atomic E-state index is -2.46. The summed E-state index contributed by atoms with van der Waals surface area (Å²) in [6.07, 6.45) is -7.41. The topological polar surface area (TPSA) is 358 Å². The van der Waals surface area contributed by atoms with Crippen molar-refractivity contribution >= 4 is 48.5 Å². The second kappa shape index (κ2) is 30.4. The number of rotatable bonds is 24. The van der Waals surface area contributed by atoms with E-state index in [0.29, 0.717) is 0 Å². The molecule has 0 bridgehead atoms. The van der Waals surface area contributed by atoms with Crippen LogP contribution in [0.15, 0.2) is 48.5 Å². The summed E-state index contributed by atoms with van der Waals surface area (Å²) < 4.78 is 82.8. The molecule has 0 unspecified atom stereocenters. The molecular weight excluding hydrogens is 1100 g/mol. The van der Waals surface area contributed by atoms with Gasteiger partial charge in [0.15, 0.2) is 46.0 Å². The molecule has 4 rings (SSSR count). The first-order valence-electron chi connectivity index (χ1n) is 22.3. The maximum atomic E-state index is 13.1. The predicted molar refractivity (Wildman–Crippen MR) is 258 cm³/mol. The zero-order valence-corrected chi connectivity index (χ0v) is 45.0. The third kappa shape index (κ3) is 16.7. The van der Waals surface area contributed by atoms with Crippen LogP contribution in [0.5, 0.6) is 69.0 Å². The lowest BCUT2D eigenvalue weighted by molar-refractivity contribution is -0.223. The van der Waals surface area contributed by atoms with Crippen molar-refractivity contribution in [1.29, 1.82) is 0 Å². The van der Waals surface area contributed by atoms with E-state index in [2.05, 4.69) is 39.1 Å². The van der Waals surface area contributed by atoms with Gasteiger partial charge in [0.05, 0.1) is 85.3 Å². The van der Waals surface area contributed by atoms with E-state index in [1.165, 1.54) is 110 Å². The van der Waals surface area contributed by atoms with Crippen molar-refractivity contribution in [3.05, 3.63) is 70.8 Å². The van der Waals surface area contributed by atoms with Crippen molar-refractivity contribution in [2.24, 2.45) is 5.41 Å². The van der Waals surface area contributed by atoms with Gasteiger partial charge in [0.25, 0.3) is 0 Å². The lowest BCUT2D eigenvalue weighted by Gasteiger charge is -2.30. The van der Waals surface area contributed by atoms with Crippen molar-refractivity contribution in [1.82, 2.24) is 0 Å². The molecule has 0 spiro atoms. The Morgan fingerprint density at radius 1 is 0.247 bits per heavy atom. The SMILES string of the molecule is COc1cc(OC)c(C(=O)OOC(=O)OCC(COC(=O)OOC(=O)c2cc(OC)c(OC)cc2OC)(COC(=O)OOC(=O)c2cc(OC)c(OC)cc2OC)COC(=O)OOC(=O)c2cc(OC)c(OC)cc2OC)cc1OC. The summed E-state index contributed by atoms with van der Waals surface area (Å²) in [7, 11) is 15.0. The van der Waals surface area contributed by atoms with Crippen LogP contribution in [-0.2, 0) is 58.0 Å². The highest BCUT2D eigenvalue weighted by Gasteiger charge is 2.40. The van der Waals surface area contributed by atoms with E-state index < -0.39 is 80.3 Å². The molecule has 4 aromatic carbocycles. The summed E-state index contributed by atoms with van der Waals surface area (Å²) >= 11 is 0. The minimum absolute atomic E-state index is 0.0227. The van der Waals surface area contributed by atoms with Gasteiger partial charge in [0.1, 0.15) is 77.1 Å². The van der Waals surface area contributed by atoms with Crippen LogP contribution in [0.1, 0.15) is 41.4 Å². The molecule has 0 heterocycles. The number of methoxy groups -OCH3 is 12. The van der Waals surface area contributed by atoms with Crippen LogP contribution in [0.4, 0.5) is 19.2 Å². The lowest BCUT2D eigenvalue weighted by atomic mass is 9.92. The van der Waals surface area contributed by atoms with Crippen molar-refractivity contribution < 1.29 is 153 Å². The van der Waals surface area contributed by atoms with Gasteiger partial charge in [-0.2, -0.15) is 19.2 Å². The van der Waals surface area contributed by atoms with Gasteiger partial charge in [-0.25, -0.2) is 58.3 Å². The Hall–Kier alpha value is -10.6. The second-order valence-corrected chi connectivity index (χ2v) is 15.1. The molecule has 0 atom stereocenters. The van der Waals surface area contributed by atoms with E-state index >= 15 is 0 Å². The van der Waals surface area contributed by atoms with Gasteiger partial charge >= 0.3 is 48.5 Å². The van der Waals surface area contributed by atoms with E-state index in [9.17, 15) is 38.4 Å². The number of hydrogen-bond acceptors (Lipinski definition) is 32. The van der Waals surface area contributed by atoms with Crippen molar-refractivity contribution in [3.8, 4) is 69.0 Å².